The van der Waals surface area contributed by atoms with Crippen LogP contribution >= 0.6 is 15.9 Å². The fourth-order valence-electron chi connectivity index (χ4n) is 5.54. The molecule has 0 aromatic heterocycles. The Hall–Kier alpha value is -8.34. The van der Waals surface area contributed by atoms with E-state index < -0.39 is 0 Å². The van der Waals surface area contributed by atoms with Gasteiger partial charge in [0.15, 0.2) is 0 Å². The van der Waals surface area contributed by atoms with Crippen molar-refractivity contribution in [2.45, 2.75) is 0 Å². The van der Waals surface area contributed by atoms with E-state index in [2.05, 4.69) is 15.9 Å². The van der Waals surface area contributed by atoms with Crippen molar-refractivity contribution in [1.29, 1.82) is 0 Å². The molecule has 332 valence electrons. The number of phenols is 2. The molecule has 66 heavy (non-hydrogen) atoms. The van der Waals surface area contributed by atoms with Crippen LogP contribution in [0.15, 0.2) is 241 Å². The van der Waals surface area contributed by atoms with Crippen molar-refractivity contribution in [1.82, 2.24) is 0 Å². The molecule has 0 bridgehead atoms. The molecule has 9 aromatic rings. The summed E-state index contributed by atoms with van der Waals surface area (Å²) in [4.78, 5) is 0. The maximum atomic E-state index is 9.23. The quantitative estimate of drug-likeness (QED) is 0.124. The number of para-hydroxylation sites is 3. The van der Waals surface area contributed by atoms with Crippen LogP contribution in [0.25, 0.3) is 0 Å². The third-order valence-electron chi connectivity index (χ3n) is 8.84. The molecule has 0 amide bonds. The summed E-state index contributed by atoms with van der Waals surface area (Å²) in [7, 11) is 3.30. The third kappa shape index (κ3) is 16.7. The Morgan fingerprint density at radius 3 is 0.652 bits per heavy atom. The Balaban J connectivity index is 0.000000152. The molecule has 0 atom stereocenters. The average molecular weight is 944 g/mol. The summed E-state index contributed by atoms with van der Waals surface area (Å²) in [6.07, 6.45) is 0. The molecule has 10 heteroatoms. The number of methoxy groups -OCH3 is 2. The second-order valence-electron chi connectivity index (χ2n) is 13.7. The lowest BCUT2D eigenvalue weighted by molar-refractivity contribution is 0.413. The van der Waals surface area contributed by atoms with Crippen molar-refractivity contribution < 1.29 is 43.4 Å². The first-order valence-corrected chi connectivity index (χ1v) is 21.4. The zero-order valence-corrected chi connectivity index (χ0v) is 37.7. The fourth-order valence-corrected chi connectivity index (χ4v) is 5.80. The summed E-state index contributed by atoms with van der Waals surface area (Å²) in [5.41, 5.74) is 0. The molecule has 0 fully saturated rings. The Bertz CT molecular complexity index is 2700. The molecule has 0 radical (unpaired) electrons. The summed E-state index contributed by atoms with van der Waals surface area (Å²) < 4.78 is 39.6. The molecule has 0 aliphatic heterocycles. The fraction of sp³-hybridized carbons (Fsp3) is 0.0357. The maximum absolute atomic E-state index is 9.23. The van der Waals surface area contributed by atoms with Gasteiger partial charge in [-0.1, -0.05) is 70.5 Å². The van der Waals surface area contributed by atoms with E-state index in [1.54, 1.807) is 62.8 Å². The summed E-state index contributed by atoms with van der Waals surface area (Å²) in [6.45, 7) is 0. The van der Waals surface area contributed by atoms with Crippen molar-refractivity contribution in [3.8, 4) is 80.5 Å². The molecule has 0 saturated carbocycles. The Morgan fingerprint density at radius 1 is 0.242 bits per heavy atom. The van der Waals surface area contributed by atoms with Crippen LogP contribution in [0.1, 0.15) is 0 Å². The lowest BCUT2D eigenvalue weighted by Gasteiger charge is -2.08. The minimum atomic E-state index is 0.217. The number of hydrogen-bond donors (Lipinski definition) is 2. The summed E-state index contributed by atoms with van der Waals surface area (Å²) in [6, 6.07) is 72.1. The van der Waals surface area contributed by atoms with Gasteiger partial charge in [-0.05, 0) is 182 Å². The monoisotopic (exact) mass is 942 g/mol. The van der Waals surface area contributed by atoms with Gasteiger partial charge in [0.1, 0.15) is 80.5 Å². The smallest absolute Gasteiger partial charge is 0.127 e. The second kappa shape index (κ2) is 25.7. The predicted molar refractivity (Wildman–Crippen MR) is 262 cm³/mol. The second-order valence-corrected chi connectivity index (χ2v) is 14.6. The van der Waals surface area contributed by atoms with E-state index in [9.17, 15) is 5.11 Å². The molecule has 0 aliphatic rings. The van der Waals surface area contributed by atoms with E-state index in [1.165, 1.54) is 0 Å². The lowest BCUT2D eigenvalue weighted by atomic mass is 10.3. The normalized spacial score (nSPS) is 9.86. The van der Waals surface area contributed by atoms with Gasteiger partial charge in [0.2, 0.25) is 0 Å². The molecule has 9 aromatic carbocycles. The highest BCUT2D eigenvalue weighted by Crippen LogP contribution is 2.30. The molecule has 0 saturated heterocycles. The number of halogens is 1. The minimum absolute atomic E-state index is 0.217. The van der Waals surface area contributed by atoms with Gasteiger partial charge >= 0.3 is 0 Å². The van der Waals surface area contributed by atoms with Gasteiger partial charge in [-0.25, -0.2) is 0 Å². The van der Waals surface area contributed by atoms with E-state index >= 15 is 0 Å². The zero-order chi connectivity index (χ0) is 46.2. The van der Waals surface area contributed by atoms with Crippen LogP contribution in [-0.2, 0) is 0 Å². The van der Waals surface area contributed by atoms with Crippen molar-refractivity contribution >= 4 is 15.9 Å². The first-order valence-electron chi connectivity index (χ1n) is 20.6. The highest BCUT2D eigenvalue weighted by molar-refractivity contribution is 9.10. The van der Waals surface area contributed by atoms with Crippen LogP contribution in [0, 0.1) is 0 Å². The molecular weight excluding hydrogens is 897 g/mol. The Labute approximate surface area is 393 Å². The molecular formula is C56H47BrO9. The van der Waals surface area contributed by atoms with Gasteiger partial charge in [0.25, 0.3) is 0 Å². The van der Waals surface area contributed by atoms with E-state index in [-0.39, 0.29) is 11.5 Å². The number of ether oxygens (including phenoxy) is 7. The van der Waals surface area contributed by atoms with Gasteiger partial charge < -0.3 is 43.4 Å². The lowest BCUT2D eigenvalue weighted by Crippen LogP contribution is -1.87. The average Bonchev–Trinajstić information content (AvgIpc) is 3.36. The number of benzene rings is 9. The minimum Gasteiger partial charge on any atom is -0.508 e. The highest BCUT2D eigenvalue weighted by atomic mass is 79.9. The van der Waals surface area contributed by atoms with E-state index in [4.69, 9.17) is 38.3 Å². The van der Waals surface area contributed by atoms with E-state index in [0.717, 1.165) is 56.2 Å². The van der Waals surface area contributed by atoms with Crippen LogP contribution in [0.2, 0.25) is 0 Å². The largest absolute Gasteiger partial charge is 0.508 e. The van der Waals surface area contributed by atoms with Crippen LogP contribution in [0.4, 0.5) is 0 Å². The number of aromatic hydroxyl groups is 2. The molecule has 9 nitrogen and oxygen atoms in total. The number of hydrogen-bond acceptors (Lipinski definition) is 9. The van der Waals surface area contributed by atoms with Crippen molar-refractivity contribution in [2.75, 3.05) is 14.2 Å². The Morgan fingerprint density at radius 2 is 0.424 bits per heavy atom. The SMILES string of the molecule is COc1ccc(Br)cc1.COc1ccc(Oc2ccc(Oc3ccccc3)cc2)cc1.Oc1ccc(Oc2ccc(Oc3ccccc3)cc2)cc1.Oc1ccc(Oc2ccccc2)cc1. The van der Waals surface area contributed by atoms with E-state index in [1.807, 2.05) is 188 Å². The first kappa shape index (κ1) is 47.1. The molecule has 0 aliphatic carbocycles. The topological polar surface area (TPSA) is 105 Å². The molecule has 9 rings (SSSR count). The van der Waals surface area contributed by atoms with Crippen LogP contribution in [0.3, 0.4) is 0 Å². The Kier molecular flexibility index (Phi) is 18.4. The van der Waals surface area contributed by atoms with Gasteiger partial charge in [0.05, 0.1) is 14.2 Å². The first-order chi connectivity index (χ1) is 32.3. The molecule has 0 spiro atoms. The molecule has 0 unspecified atom stereocenters. The van der Waals surface area contributed by atoms with E-state index in [0.29, 0.717) is 17.2 Å². The third-order valence-corrected chi connectivity index (χ3v) is 9.37. The highest BCUT2D eigenvalue weighted by Gasteiger charge is 2.03. The van der Waals surface area contributed by atoms with Gasteiger partial charge in [-0.15, -0.1) is 0 Å². The van der Waals surface area contributed by atoms with Crippen molar-refractivity contribution in [3.63, 3.8) is 0 Å². The predicted octanol–water partition coefficient (Wildman–Crippen LogP) is 15.9. The summed E-state index contributed by atoms with van der Waals surface area (Å²) >= 11 is 3.32. The maximum Gasteiger partial charge on any atom is 0.127 e. The van der Waals surface area contributed by atoms with Crippen molar-refractivity contribution in [2.24, 2.45) is 0 Å². The van der Waals surface area contributed by atoms with Gasteiger partial charge in [-0.3, -0.25) is 0 Å². The van der Waals surface area contributed by atoms with Crippen LogP contribution in [-0.4, -0.2) is 24.4 Å². The van der Waals surface area contributed by atoms with Crippen molar-refractivity contribution in [3.05, 3.63) is 241 Å². The van der Waals surface area contributed by atoms with Gasteiger partial charge in [0, 0.05) is 4.47 Å². The van der Waals surface area contributed by atoms with Gasteiger partial charge in [-0.2, -0.15) is 0 Å². The summed E-state index contributed by atoms with van der Waals surface area (Å²) in [5.74, 6) is 9.68. The molecule has 0 heterocycles. The van der Waals surface area contributed by atoms with Crippen LogP contribution in [0.5, 0.6) is 80.5 Å². The summed E-state index contributed by atoms with van der Waals surface area (Å²) in [5, 5.41) is 18.3. The zero-order valence-electron chi connectivity index (χ0n) is 36.1. The molecule has 2 N–H and O–H groups in total. The standard InChI is InChI=1S/C19H16O3.C18H14O3.C12H10O2.C7H7BrO/c1-20-15-7-9-17(10-8-15)22-19-13-11-18(12-14-19)21-16-5-3-2-4-6-16;19-14-6-8-16(9-7-14)21-18-12-10-17(11-13-18)20-15-4-2-1-3-5-15;13-10-6-8-12(9-7-10)14-11-4-2-1-3-5-11;1-9-7-4-2-6(8)3-5-7/h2-14H,1H3;1-13,19H;1-9,13H;2-5H,1H3. The van der Waals surface area contributed by atoms with Crippen LogP contribution < -0.4 is 33.2 Å². The number of phenolic OH excluding ortho intramolecular Hbond substituents is 2. The number of rotatable bonds is 12.